The number of nitrogens with zero attached hydrogens (tertiary/aromatic N) is 1. The fraction of sp³-hybridized carbons (Fsp3) is 0.647. The SMILES string of the molecule is CC.Cc1ccc(CN2CC(C)CC(C)C2)cc1. The minimum atomic E-state index is 0.856. The molecule has 2 atom stereocenters. The molecule has 102 valence electrons. The second-order valence-corrected chi connectivity index (χ2v) is 5.63. The molecule has 1 saturated heterocycles. The van der Waals surface area contributed by atoms with Gasteiger partial charge in [0.1, 0.15) is 0 Å². The van der Waals surface area contributed by atoms with E-state index in [2.05, 4.69) is 49.9 Å². The largest absolute Gasteiger partial charge is 0.299 e. The average Bonchev–Trinajstić information content (AvgIpc) is 2.33. The van der Waals surface area contributed by atoms with Gasteiger partial charge >= 0.3 is 0 Å². The van der Waals surface area contributed by atoms with Crippen LogP contribution >= 0.6 is 0 Å². The fourth-order valence-electron chi connectivity index (χ4n) is 2.87. The molecule has 0 spiro atoms. The lowest BCUT2D eigenvalue weighted by atomic mass is 9.91. The van der Waals surface area contributed by atoms with Crippen molar-refractivity contribution in [3.05, 3.63) is 35.4 Å². The zero-order valence-electron chi connectivity index (χ0n) is 12.7. The topological polar surface area (TPSA) is 3.24 Å². The van der Waals surface area contributed by atoms with E-state index in [4.69, 9.17) is 0 Å². The Labute approximate surface area is 113 Å². The van der Waals surface area contributed by atoms with Gasteiger partial charge in [0.15, 0.2) is 0 Å². The van der Waals surface area contributed by atoms with E-state index >= 15 is 0 Å². The van der Waals surface area contributed by atoms with Crippen LogP contribution in [0.5, 0.6) is 0 Å². The van der Waals surface area contributed by atoms with Crippen molar-refractivity contribution >= 4 is 0 Å². The summed E-state index contributed by atoms with van der Waals surface area (Å²) in [5, 5.41) is 0. The van der Waals surface area contributed by atoms with E-state index in [1.54, 1.807) is 0 Å². The number of hydrogen-bond donors (Lipinski definition) is 0. The number of likely N-dealkylation sites (tertiary alicyclic amines) is 1. The van der Waals surface area contributed by atoms with Crippen molar-refractivity contribution in [2.75, 3.05) is 13.1 Å². The van der Waals surface area contributed by atoms with E-state index in [9.17, 15) is 0 Å². The highest BCUT2D eigenvalue weighted by atomic mass is 15.1. The third-order valence-corrected chi connectivity index (χ3v) is 3.47. The van der Waals surface area contributed by atoms with Gasteiger partial charge in [0, 0.05) is 19.6 Å². The van der Waals surface area contributed by atoms with Crippen LogP contribution in [0.15, 0.2) is 24.3 Å². The molecule has 0 saturated carbocycles. The van der Waals surface area contributed by atoms with Crippen LogP contribution in [-0.4, -0.2) is 18.0 Å². The Hall–Kier alpha value is -0.820. The fourth-order valence-corrected chi connectivity index (χ4v) is 2.87. The Bertz CT molecular complexity index is 318. The average molecular weight is 247 g/mol. The van der Waals surface area contributed by atoms with Crippen molar-refractivity contribution in [1.82, 2.24) is 4.90 Å². The van der Waals surface area contributed by atoms with E-state index < -0.39 is 0 Å². The van der Waals surface area contributed by atoms with Crippen molar-refractivity contribution in [1.29, 1.82) is 0 Å². The molecule has 2 unspecified atom stereocenters. The summed E-state index contributed by atoms with van der Waals surface area (Å²) in [5.41, 5.74) is 2.80. The lowest BCUT2D eigenvalue weighted by Crippen LogP contribution is -2.38. The molecule has 1 heterocycles. The maximum absolute atomic E-state index is 2.60. The third kappa shape index (κ3) is 4.81. The molecule has 1 aromatic rings. The molecule has 1 nitrogen and oxygen atoms in total. The molecular weight excluding hydrogens is 218 g/mol. The molecule has 1 aromatic carbocycles. The van der Waals surface area contributed by atoms with E-state index in [0.717, 1.165) is 18.4 Å². The van der Waals surface area contributed by atoms with Crippen LogP contribution in [0.2, 0.25) is 0 Å². The van der Waals surface area contributed by atoms with Gasteiger partial charge in [-0.05, 0) is 30.7 Å². The van der Waals surface area contributed by atoms with Crippen molar-refractivity contribution in [3.8, 4) is 0 Å². The van der Waals surface area contributed by atoms with E-state index in [1.165, 1.54) is 30.6 Å². The van der Waals surface area contributed by atoms with Crippen LogP contribution in [-0.2, 0) is 6.54 Å². The van der Waals surface area contributed by atoms with E-state index in [1.807, 2.05) is 13.8 Å². The summed E-state index contributed by atoms with van der Waals surface area (Å²) in [5.74, 6) is 1.71. The van der Waals surface area contributed by atoms with E-state index in [-0.39, 0.29) is 0 Å². The first-order valence-corrected chi connectivity index (χ1v) is 7.41. The first-order valence-electron chi connectivity index (χ1n) is 7.41. The maximum Gasteiger partial charge on any atom is 0.0233 e. The molecule has 0 aromatic heterocycles. The normalized spacial score (nSPS) is 24.3. The van der Waals surface area contributed by atoms with Crippen LogP contribution in [0.3, 0.4) is 0 Å². The van der Waals surface area contributed by atoms with Crippen LogP contribution in [0.4, 0.5) is 0 Å². The molecule has 0 N–H and O–H groups in total. The first-order chi connectivity index (χ1) is 8.63. The quantitative estimate of drug-likeness (QED) is 0.744. The number of piperidine rings is 1. The Morgan fingerprint density at radius 3 is 2.00 bits per heavy atom. The number of benzene rings is 1. The van der Waals surface area contributed by atoms with Crippen molar-refractivity contribution in [2.24, 2.45) is 11.8 Å². The van der Waals surface area contributed by atoms with Crippen molar-refractivity contribution in [3.63, 3.8) is 0 Å². The Kier molecular flexibility index (Phi) is 6.42. The molecule has 1 aliphatic rings. The summed E-state index contributed by atoms with van der Waals surface area (Å²) in [6.45, 7) is 14.5. The van der Waals surface area contributed by atoms with Gasteiger partial charge in [-0.25, -0.2) is 0 Å². The van der Waals surface area contributed by atoms with Crippen LogP contribution in [0.1, 0.15) is 45.2 Å². The van der Waals surface area contributed by atoms with Gasteiger partial charge in [-0.3, -0.25) is 4.90 Å². The summed E-state index contributed by atoms with van der Waals surface area (Å²) in [4.78, 5) is 2.60. The smallest absolute Gasteiger partial charge is 0.0233 e. The summed E-state index contributed by atoms with van der Waals surface area (Å²) in [7, 11) is 0. The molecule has 1 aliphatic heterocycles. The third-order valence-electron chi connectivity index (χ3n) is 3.47. The van der Waals surface area contributed by atoms with Crippen LogP contribution in [0, 0.1) is 18.8 Å². The zero-order chi connectivity index (χ0) is 13.5. The lowest BCUT2D eigenvalue weighted by Gasteiger charge is -2.35. The number of hydrogen-bond acceptors (Lipinski definition) is 1. The highest BCUT2D eigenvalue weighted by molar-refractivity contribution is 5.21. The monoisotopic (exact) mass is 247 g/mol. The predicted molar refractivity (Wildman–Crippen MR) is 80.7 cm³/mol. The van der Waals surface area contributed by atoms with Gasteiger partial charge in [-0.1, -0.05) is 57.5 Å². The second kappa shape index (κ2) is 7.58. The van der Waals surface area contributed by atoms with Crippen LogP contribution in [0.25, 0.3) is 0 Å². The minimum absolute atomic E-state index is 0.856. The molecule has 1 heteroatoms. The Morgan fingerprint density at radius 2 is 1.50 bits per heavy atom. The highest BCUT2D eigenvalue weighted by Crippen LogP contribution is 2.22. The van der Waals surface area contributed by atoms with Gasteiger partial charge in [0.2, 0.25) is 0 Å². The molecule has 0 amide bonds. The van der Waals surface area contributed by atoms with Crippen molar-refractivity contribution in [2.45, 2.75) is 47.6 Å². The standard InChI is InChI=1S/C15H23N.C2H6/c1-12-4-6-15(7-5-12)11-16-9-13(2)8-14(3)10-16;1-2/h4-7,13-14H,8-11H2,1-3H3;1-2H3. The van der Waals surface area contributed by atoms with Gasteiger partial charge in [-0.2, -0.15) is 0 Å². The summed E-state index contributed by atoms with van der Waals surface area (Å²) in [6.07, 6.45) is 1.39. The minimum Gasteiger partial charge on any atom is -0.299 e. The van der Waals surface area contributed by atoms with Gasteiger partial charge < -0.3 is 0 Å². The summed E-state index contributed by atoms with van der Waals surface area (Å²) < 4.78 is 0. The van der Waals surface area contributed by atoms with E-state index in [0.29, 0.717) is 0 Å². The van der Waals surface area contributed by atoms with Gasteiger partial charge in [0.05, 0.1) is 0 Å². The molecule has 18 heavy (non-hydrogen) atoms. The lowest BCUT2D eigenvalue weighted by molar-refractivity contribution is 0.134. The molecule has 0 aliphatic carbocycles. The molecular formula is C17H29N. The maximum atomic E-state index is 2.60. The Balaban J connectivity index is 0.000000771. The van der Waals surface area contributed by atoms with Gasteiger partial charge in [-0.15, -0.1) is 0 Å². The molecule has 0 bridgehead atoms. The summed E-state index contributed by atoms with van der Waals surface area (Å²) in [6, 6.07) is 8.96. The number of rotatable bonds is 2. The van der Waals surface area contributed by atoms with Gasteiger partial charge in [0.25, 0.3) is 0 Å². The van der Waals surface area contributed by atoms with Crippen LogP contribution < -0.4 is 0 Å². The predicted octanol–water partition coefficient (Wildman–Crippen LogP) is 4.50. The molecule has 0 radical (unpaired) electrons. The molecule has 1 fully saturated rings. The van der Waals surface area contributed by atoms with Crippen molar-refractivity contribution < 1.29 is 0 Å². The zero-order valence-corrected chi connectivity index (χ0v) is 12.7. The summed E-state index contributed by atoms with van der Waals surface area (Å²) >= 11 is 0. The Morgan fingerprint density at radius 1 is 1.00 bits per heavy atom. The molecule has 2 rings (SSSR count). The second-order valence-electron chi connectivity index (χ2n) is 5.63. The number of aryl methyl sites for hydroxylation is 1. The highest BCUT2D eigenvalue weighted by Gasteiger charge is 2.21. The first kappa shape index (κ1) is 15.2.